The van der Waals surface area contributed by atoms with Gasteiger partial charge in [-0.15, -0.1) is 0 Å². The van der Waals surface area contributed by atoms with Crippen LogP contribution < -0.4 is 0 Å². The maximum Gasteiger partial charge on any atom is 0.333 e. The van der Waals surface area contributed by atoms with E-state index in [1.807, 2.05) is 0 Å². The predicted molar refractivity (Wildman–Crippen MR) is 84.7 cm³/mol. The summed E-state index contributed by atoms with van der Waals surface area (Å²) in [5.74, 6) is -1.98. The number of rotatable bonds is 7. The third-order valence-corrected chi connectivity index (χ3v) is 3.34. The van der Waals surface area contributed by atoms with Gasteiger partial charge in [0.2, 0.25) is 0 Å². The van der Waals surface area contributed by atoms with Crippen LogP contribution in [0.1, 0.15) is 25.3 Å². The first-order valence-electron chi connectivity index (χ1n) is 6.53. The number of esters is 1. The van der Waals surface area contributed by atoms with E-state index in [1.165, 1.54) is 31.2 Å². The molecule has 0 bridgehead atoms. The summed E-state index contributed by atoms with van der Waals surface area (Å²) in [6.07, 6.45) is 2.07. The molecule has 1 aromatic rings. The van der Waals surface area contributed by atoms with Gasteiger partial charge in [0, 0.05) is 11.1 Å². The molecule has 1 aromatic carbocycles. The zero-order chi connectivity index (χ0) is 16.7. The highest BCUT2D eigenvalue weighted by Gasteiger charge is 2.09. The molecule has 0 aromatic heterocycles. The number of halogens is 2. The van der Waals surface area contributed by atoms with Crippen LogP contribution in [0.5, 0.6) is 0 Å². The number of carboxylic acid groups (broad SMARTS) is 1. The van der Waals surface area contributed by atoms with E-state index in [2.05, 4.69) is 22.5 Å². The van der Waals surface area contributed by atoms with Crippen LogP contribution in [0, 0.1) is 5.82 Å². The molecule has 0 saturated carbocycles. The van der Waals surface area contributed by atoms with E-state index in [9.17, 15) is 19.1 Å². The van der Waals surface area contributed by atoms with E-state index < -0.39 is 17.8 Å². The average Bonchev–Trinajstić information content (AvgIpc) is 2.45. The summed E-state index contributed by atoms with van der Waals surface area (Å²) in [5, 5.41) is 9.18. The SMILES string of the molecule is C=C(C)C(=O)OCCCC(=Cc1ccc(F)c(Br)c1)C(=O)O. The molecule has 0 saturated heterocycles. The lowest BCUT2D eigenvalue weighted by atomic mass is 10.1. The van der Waals surface area contributed by atoms with E-state index in [0.717, 1.165) is 0 Å². The number of benzene rings is 1. The van der Waals surface area contributed by atoms with E-state index in [4.69, 9.17) is 4.74 Å². The Kier molecular flexibility index (Phi) is 6.98. The minimum absolute atomic E-state index is 0.115. The molecule has 22 heavy (non-hydrogen) atoms. The molecule has 4 nitrogen and oxygen atoms in total. The Morgan fingerprint density at radius 1 is 1.45 bits per heavy atom. The van der Waals surface area contributed by atoms with Crippen molar-refractivity contribution in [2.45, 2.75) is 19.8 Å². The minimum atomic E-state index is -1.06. The van der Waals surface area contributed by atoms with Crippen molar-refractivity contribution in [2.75, 3.05) is 6.61 Å². The second-order valence-corrected chi connectivity index (χ2v) is 5.52. The molecular formula is C16H16BrFO4. The molecule has 0 aliphatic rings. The lowest BCUT2D eigenvalue weighted by Gasteiger charge is -2.06. The number of carbonyl (C=O) groups is 2. The quantitative estimate of drug-likeness (QED) is 0.448. The Morgan fingerprint density at radius 3 is 2.68 bits per heavy atom. The molecular weight excluding hydrogens is 355 g/mol. The number of carbonyl (C=O) groups excluding carboxylic acids is 1. The van der Waals surface area contributed by atoms with Gasteiger partial charge in [-0.05, 0) is 59.5 Å². The molecule has 118 valence electrons. The summed E-state index contributed by atoms with van der Waals surface area (Å²) in [7, 11) is 0. The van der Waals surface area contributed by atoms with Crippen LogP contribution in [0.4, 0.5) is 4.39 Å². The van der Waals surface area contributed by atoms with Crippen LogP contribution in [0.15, 0.2) is 40.4 Å². The number of carboxylic acids is 1. The summed E-state index contributed by atoms with van der Waals surface area (Å²) in [4.78, 5) is 22.4. The molecule has 6 heteroatoms. The van der Waals surface area contributed by atoms with Gasteiger partial charge >= 0.3 is 11.9 Å². The van der Waals surface area contributed by atoms with Crippen molar-refractivity contribution >= 4 is 33.9 Å². The largest absolute Gasteiger partial charge is 0.478 e. The van der Waals surface area contributed by atoms with Crippen LogP contribution in [0.25, 0.3) is 6.08 Å². The fourth-order valence-electron chi connectivity index (χ4n) is 1.59. The van der Waals surface area contributed by atoms with Gasteiger partial charge in [0.1, 0.15) is 5.82 Å². The molecule has 0 atom stereocenters. The predicted octanol–water partition coefficient (Wildman–Crippen LogP) is 3.96. The van der Waals surface area contributed by atoms with Crippen LogP contribution in [0.2, 0.25) is 0 Å². The Labute approximate surface area is 136 Å². The topological polar surface area (TPSA) is 63.6 Å². The van der Waals surface area contributed by atoms with Crippen molar-refractivity contribution < 1.29 is 23.8 Å². The highest BCUT2D eigenvalue weighted by Crippen LogP contribution is 2.20. The van der Waals surface area contributed by atoms with Gasteiger partial charge in [-0.25, -0.2) is 14.0 Å². The summed E-state index contributed by atoms with van der Waals surface area (Å²) in [5.41, 5.74) is 1.03. The van der Waals surface area contributed by atoms with Gasteiger partial charge in [-0.3, -0.25) is 0 Å². The van der Waals surface area contributed by atoms with E-state index in [0.29, 0.717) is 17.6 Å². The van der Waals surface area contributed by atoms with Gasteiger partial charge in [0.25, 0.3) is 0 Å². The van der Waals surface area contributed by atoms with Crippen molar-refractivity contribution in [3.05, 3.63) is 51.8 Å². The molecule has 1 N–H and O–H groups in total. The molecule has 0 aliphatic heterocycles. The Hall–Kier alpha value is -1.95. The zero-order valence-corrected chi connectivity index (χ0v) is 13.7. The van der Waals surface area contributed by atoms with Gasteiger partial charge in [-0.2, -0.15) is 0 Å². The van der Waals surface area contributed by atoms with E-state index in [-0.39, 0.29) is 23.1 Å². The maximum absolute atomic E-state index is 13.1. The average molecular weight is 371 g/mol. The first-order chi connectivity index (χ1) is 10.3. The van der Waals surface area contributed by atoms with Crippen molar-refractivity contribution in [3.8, 4) is 0 Å². The fraction of sp³-hybridized carbons (Fsp3) is 0.250. The zero-order valence-electron chi connectivity index (χ0n) is 12.1. The minimum Gasteiger partial charge on any atom is -0.478 e. The number of hydrogen-bond donors (Lipinski definition) is 1. The first kappa shape index (κ1) is 18.1. The number of hydrogen-bond acceptors (Lipinski definition) is 3. The van der Waals surface area contributed by atoms with Crippen molar-refractivity contribution in [2.24, 2.45) is 0 Å². The second-order valence-electron chi connectivity index (χ2n) is 4.67. The van der Waals surface area contributed by atoms with Crippen molar-refractivity contribution in [1.82, 2.24) is 0 Å². The lowest BCUT2D eigenvalue weighted by Crippen LogP contribution is -2.08. The third-order valence-electron chi connectivity index (χ3n) is 2.73. The number of aliphatic carboxylic acids is 1. The van der Waals surface area contributed by atoms with E-state index in [1.54, 1.807) is 0 Å². The third kappa shape index (κ3) is 5.81. The smallest absolute Gasteiger partial charge is 0.333 e. The standard InChI is InChI=1S/C16H16BrFO4/c1-10(2)16(21)22-7-3-4-12(15(19)20)8-11-5-6-14(18)13(17)9-11/h5-6,8-9H,1,3-4,7H2,2H3,(H,19,20). The first-order valence-corrected chi connectivity index (χ1v) is 7.32. The molecule has 0 unspecified atom stereocenters. The molecule has 1 rings (SSSR count). The Balaban J connectivity index is 2.67. The molecule has 0 spiro atoms. The van der Waals surface area contributed by atoms with Gasteiger partial charge < -0.3 is 9.84 Å². The molecule has 0 fully saturated rings. The molecule has 0 radical (unpaired) electrons. The van der Waals surface area contributed by atoms with Gasteiger partial charge in [0.15, 0.2) is 0 Å². The Morgan fingerprint density at radius 2 is 2.14 bits per heavy atom. The molecule has 0 heterocycles. The normalized spacial score (nSPS) is 11.1. The highest BCUT2D eigenvalue weighted by atomic mass is 79.9. The maximum atomic E-state index is 13.1. The summed E-state index contributed by atoms with van der Waals surface area (Å²) in [6.45, 7) is 5.11. The van der Waals surface area contributed by atoms with E-state index >= 15 is 0 Å². The summed E-state index contributed by atoms with van der Waals surface area (Å²) < 4.78 is 18.3. The number of ether oxygens (including phenoxy) is 1. The van der Waals surface area contributed by atoms with Crippen LogP contribution >= 0.6 is 15.9 Å². The van der Waals surface area contributed by atoms with Crippen LogP contribution in [-0.2, 0) is 14.3 Å². The molecule has 0 aliphatic carbocycles. The Bertz CT molecular complexity index is 623. The molecule has 0 amide bonds. The lowest BCUT2D eigenvalue weighted by molar-refractivity contribution is -0.139. The highest BCUT2D eigenvalue weighted by molar-refractivity contribution is 9.10. The summed E-state index contributed by atoms with van der Waals surface area (Å²) >= 11 is 3.05. The van der Waals surface area contributed by atoms with Crippen LogP contribution in [0.3, 0.4) is 0 Å². The van der Waals surface area contributed by atoms with Crippen molar-refractivity contribution in [1.29, 1.82) is 0 Å². The second kappa shape index (κ2) is 8.48. The van der Waals surface area contributed by atoms with Gasteiger partial charge in [-0.1, -0.05) is 12.6 Å². The fourth-order valence-corrected chi connectivity index (χ4v) is 1.99. The monoisotopic (exact) mass is 370 g/mol. The summed E-state index contributed by atoms with van der Waals surface area (Å²) in [6, 6.07) is 4.24. The van der Waals surface area contributed by atoms with Gasteiger partial charge in [0.05, 0.1) is 11.1 Å². The van der Waals surface area contributed by atoms with Crippen molar-refractivity contribution in [3.63, 3.8) is 0 Å². The van der Waals surface area contributed by atoms with Crippen LogP contribution in [-0.4, -0.2) is 23.7 Å².